The normalized spacial score (nSPS) is 14.7. The zero-order valence-electron chi connectivity index (χ0n) is 13.2. The van der Waals surface area contributed by atoms with Crippen LogP contribution in [0.25, 0.3) is 6.08 Å². The van der Waals surface area contributed by atoms with Gasteiger partial charge in [-0.15, -0.1) is 0 Å². The molecule has 2 aromatic rings. The standard InChI is InChI=1S/C20H19NO2/c1-15-7-9-16(10-8-15)11-12-19(22)17-4-2-5-18(14-17)21-13-3-6-20(21)23/h2,4-5,7-12,14H,3,6,13H2,1H3. The Labute approximate surface area is 136 Å². The van der Waals surface area contributed by atoms with Crippen molar-refractivity contribution in [2.75, 3.05) is 11.4 Å². The van der Waals surface area contributed by atoms with Gasteiger partial charge in [-0.25, -0.2) is 0 Å². The van der Waals surface area contributed by atoms with Crippen molar-refractivity contribution >= 4 is 23.5 Å². The lowest BCUT2D eigenvalue weighted by Crippen LogP contribution is -2.23. The summed E-state index contributed by atoms with van der Waals surface area (Å²) < 4.78 is 0. The number of ketones is 1. The molecule has 3 nitrogen and oxygen atoms in total. The van der Waals surface area contributed by atoms with Crippen molar-refractivity contribution in [1.82, 2.24) is 0 Å². The highest BCUT2D eigenvalue weighted by Gasteiger charge is 2.21. The third-order valence-corrected chi connectivity index (χ3v) is 4.02. The van der Waals surface area contributed by atoms with Crippen molar-refractivity contribution < 1.29 is 9.59 Å². The Balaban J connectivity index is 1.77. The first kappa shape index (κ1) is 15.2. The van der Waals surface area contributed by atoms with Gasteiger partial charge in [0.1, 0.15) is 0 Å². The molecule has 0 aliphatic carbocycles. The van der Waals surface area contributed by atoms with Crippen LogP contribution in [0.15, 0.2) is 54.6 Å². The van der Waals surface area contributed by atoms with Crippen molar-refractivity contribution in [3.63, 3.8) is 0 Å². The van der Waals surface area contributed by atoms with Crippen LogP contribution in [0.2, 0.25) is 0 Å². The quantitative estimate of drug-likeness (QED) is 0.632. The predicted octanol–water partition coefficient (Wildman–Crippen LogP) is 4.02. The SMILES string of the molecule is Cc1ccc(C=CC(=O)c2cccc(N3CCCC3=O)c2)cc1. The van der Waals surface area contributed by atoms with Crippen molar-refractivity contribution in [3.8, 4) is 0 Å². The van der Waals surface area contributed by atoms with Gasteiger partial charge < -0.3 is 4.90 Å². The first-order valence-electron chi connectivity index (χ1n) is 7.83. The largest absolute Gasteiger partial charge is 0.312 e. The van der Waals surface area contributed by atoms with Gasteiger partial charge in [0.25, 0.3) is 0 Å². The molecule has 1 aliphatic rings. The molecule has 2 aromatic carbocycles. The van der Waals surface area contributed by atoms with Crippen LogP contribution in [0.5, 0.6) is 0 Å². The zero-order valence-corrected chi connectivity index (χ0v) is 13.2. The summed E-state index contributed by atoms with van der Waals surface area (Å²) >= 11 is 0. The minimum absolute atomic E-state index is 0.0564. The average Bonchev–Trinajstić information content (AvgIpc) is 3.00. The van der Waals surface area contributed by atoms with Crippen LogP contribution in [-0.2, 0) is 4.79 Å². The lowest BCUT2D eigenvalue weighted by Gasteiger charge is -2.16. The summed E-state index contributed by atoms with van der Waals surface area (Å²) in [5.74, 6) is 0.0730. The van der Waals surface area contributed by atoms with Crippen LogP contribution in [0.4, 0.5) is 5.69 Å². The fourth-order valence-electron chi connectivity index (χ4n) is 2.69. The van der Waals surface area contributed by atoms with E-state index in [0.29, 0.717) is 12.0 Å². The number of anilines is 1. The Hall–Kier alpha value is -2.68. The fourth-order valence-corrected chi connectivity index (χ4v) is 2.69. The molecule has 0 N–H and O–H groups in total. The highest BCUT2D eigenvalue weighted by Crippen LogP contribution is 2.22. The Bertz CT molecular complexity index is 759. The summed E-state index contributed by atoms with van der Waals surface area (Å²) in [6.07, 6.45) is 4.86. The Morgan fingerprint density at radius 1 is 1.13 bits per heavy atom. The van der Waals surface area contributed by atoms with Gasteiger partial charge in [0.05, 0.1) is 0 Å². The number of allylic oxidation sites excluding steroid dienone is 1. The average molecular weight is 305 g/mol. The molecule has 3 heteroatoms. The monoisotopic (exact) mass is 305 g/mol. The number of nitrogens with zero attached hydrogens (tertiary/aromatic N) is 1. The summed E-state index contributed by atoms with van der Waals surface area (Å²) in [6, 6.07) is 15.3. The summed E-state index contributed by atoms with van der Waals surface area (Å²) in [7, 11) is 0. The lowest BCUT2D eigenvalue weighted by molar-refractivity contribution is -0.117. The van der Waals surface area contributed by atoms with Gasteiger partial charge in [-0.05, 0) is 37.1 Å². The van der Waals surface area contributed by atoms with Gasteiger partial charge in [0, 0.05) is 24.2 Å². The summed E-state index contributed by atoms with van der Waals surface area (Å²) in [5, 5.41) is 0. The van der Waals surface area contributed by atoms with Crippen LogP contribution in [0, 0.1) is 6.92 Å². The van der Waals surface area contributed by atoms with Crippen LogP contribution in [0.3, 0.4) is 0 Å². The molecule has 0 unspecified atom stereocenters. The Morgan fingerprint density at radius 3 is 2.61 bits per heavy atom. The highest BCUT2D eigenvalue weighted by molar-refractivity contribution is 6.08. The molecule has 1 amide bonds. The van der Waals surface area contributed by atoms with Crippen molar-refractivity contribution in [2.45, 2.75) is 19.8 Å². The minimum Gasteiger partial charge on any atom is -0.312 e. The molecule has 0 bridgehead atoms. The molecule has 1 heterocycles. The first-order chi connectivity index (χ1) is 11.1. The molecule has 23 heavy (non-hydrogen) atoms. The van der Waals surface area contributed by atoms with Gasteiger partial charge in [0.15, 0.2) is 5.78 Å². The number of amides is 1. The van der Waals surface area contributed by atoms with Crippen LogP contribution < -0.4 is 4.90 Å². The highest BCUT2D eigenvalue weighted by atomic mass is 16.2. The molecule has 1 aliphatic heterocycles. The van der Waals surface area contributed by atoms with Crippen LogP contribution in [-0.4, -0.2) is 18.2 Å². The van der Waals surface area contributed by atoms with E-state index in [2.05, 4.69) is 0 Å². The smallest absolute Gasteiger partial charge is 0.227 e. The number of aryl methyl sites for hydroxylation is 1. The fraction of sp³-hybridized carbons (Fsp3) is 0.200. The van der Waals surface area contributed by atoms with Crippen LogP contribution in [0.1, 0.15) is 34.3 Å². The van der Waals surface area contributed by atoms with E-state index in [4.69, 9.17) is 0 Å². The molecule has 0 atom stereocenters. The Kier molecular flexibility index (Phi) is 4.38. The third-order valence-electron chi connectivity index (χ3n) is 4.02. The lowest BCUT2D eigenvalue weighted by atomic mass is 10.1. The molecular formula is C20H19NO2. The summed E-state index contributed by atoms with van der Waals surface area (Å²) in [4.78, 5) is 25.9. The van der Waals surface area contributed by atoms with Crippen molar-refractivity contribution in [3.05, 3.63) is 71.3 Å². The molecule has 0 spiro atoms. The van der Waals surface area contributed by atoms with Crippen molar-refractivity contribution in [1.29, 1.82) is 0 Å². The second-order valence-electron chi connectivity index (χ2n) is 5.81. The number of hydrogen-bond donors (Lipinski definition) is 0. The number of hydrogen-bond acceptors (Lipinski definition) is 2. The predicted molar refractivity (Wildman–Crippen MR) is 92.6 cm³/mol. The molecule has 3 rings (SSSR count). The Morgan fingerprint density at radius 2 is 1.91 bits per heavy atom. The molecule has 0 radical (unpaired) electrons. The van der Waals surface area contributed by atoms with E-state index in [0.717, 1.165) is 24.2 Å². The third kappa shape index (κ3) is 3.57. The second kappa shape index (κ2) is 6.61. The molecule has 0 aromatic heterocycles. The van der Waals surface area contributed by atoms with E-state index in [1.807, 2.05) is 49.4 Å². The van der Waals surface area contributed by atoms with Gasteiger partial charge in [0.2, 0.25) is 5.91 Å². The van der Waals surface area contributed by atoms with Gasteiger partial charge in [-0.1, -0.05) is 48.0 Å². The van der Waals surface area contributed by atoms with E-state index in [1.165, 1.54) is 5.56 Å². The molecule has 1 fully saturated rings. The maximum Gasteiger partial charge on any atom is 0.227 e. The van der Waals surface area contributed by atoms with E-state index in [9.17, 15) is 9.59 Å². The number of benzene rings is 2. The second-order valence-corrected chi connectivity index (χ2v) is 5.81. The number of rotatable bonds is 4. The number of carbonyl (C=O) groups is 2. The van der Waals surface area contributed by atoms with Gasteiger partial charge >= 0.3 is 0 Å². The number of carbonyl (C=O) groups excluding carboxylic acids is 2. The van der Waals surface area contributed by atoms with E-state index >= 15 is 0 Å². The zero-order chi connectivity index (χ0) is 16.2. The molecule has 1 saturated heterocycles. The summed E-state index contributed by atoms with van der Waals surface area (Å²) in [6.45, 7) is 2.76. The summed E-state index contributed by atoms with van der Waals surface area (Å²) in [5.41, 5.74) is 3.60. The van der Waals surface area contributed by atoms with E-state index in [1.54, 1.807) is 23.1 Å². The minimum atomic E-state index is -0.0564. The molecule has 0 saturated carbocycles. The van der Waals surface area contributed by atoms with E-state index < -0.39 is 0 Å². The first-order valence-corrected chi connectivity index (χ1v) is 7.83. The van der Waals surface area contributed by atoms with E-state index in [-0.39, 0.29) is 11.7 Å². The van der Waals surface area contributed by atoms with Gasteiger partial charge in [-0.2, -0.15) is 0 Å². The topological polar surface area (TPSA) is 37.4 Å². The maximum absolute atomic E-state index is 12.3. The maximum atomic E-state index is 12.3. The van der Waals surface area contributed by atoms with Gasteiger partial charge in [-0.3, -0.25) is 9.59 Å². The van der Waals surface area contributed by atoms with Crippen LogP contribution >= 0.6 is 0 Å². The molecular weight excluding hydrogens is 286 g/mol. The van der Waals surface area contributed by atoms with Crippen molar-refractivity contribution in [2.24, 2.45) is 0 Å². The molecule has 116 valence electrons.